The molecule has 5 atom stereocenters. The molecule has 0 radical (unpaired) electrons. The molecular weight excluding hydrogens is 725 g/mol. The number of rotatable bonds is 7. The van der Waals surface area contributed by atoms with Crippen molar-refractivity contribution in [1.82, 2.24) is 35.2 Å². The van der Waals surface area contributed by atoms with E-state index < -0.39 is 79.7 Å². The molecule has 4 aliphatic rings. The van der Waals surface area contributed by atoms with E-state index >= 15 is 0 Å². The zero-order chi connectivity index (χ0) is 38.4. The predicted molar refractivity (Wildman–Crippen MR) is 190 cm³/mol. The second kappa shape index (κ2) is 14.3. The molecule has 4 amide bonds. The monoisotopic (exact) mass is 765 g/mol. The van der Waals surface area contributed by atoms with E-state index in [2.05, 4.69) is 30.3 Å². The zero-order valence-electron chi connectivity index (χ0n) is 29.8. The lowest BCUT2D eigenvalue weighted by Crippen LogP contribution is -2.58. The quantitative estimate of drug-likeness (QED) is 0.302. The molecule has 2 saturated carbocycles. The first-order valence-corrected chi connectivity index (χ1v) is 19.5. The average molecular weight is 766 g/mol. The van der Waals surface area contributed by atoms with E-state index in [-0.39, 0.29) is 42.8 Å². The van der Waals surface area contributed by atoms with Crippen molar-refractivity contribution in [3.05, 3.63) is 71.7 Å². The summed E-state index contributed by atoms with van der Waals surface area (Å²) in [5.74, 6) is -4.87. The first-order valence-electron chi connectivity index (χ1n) is 18.1. The maximum Gasteiger partial charge on any atom is 0.259 e. The van der Waals surface area contributed by atoms with Crippen molar-refractivity contribution in [2.45, 2.75) is 100 Å². The fourth-order valence-electron chi connectivity index (χ4n) is 7.11. The molecule has 3 fully saturated rings. The molecule has 2 aromatic heterocycles. The van der Waals surface area contributed by atoms with Crippen LogP contribution in [0.5, 0.6) is 5.88 Å². The maximum absolute atomic E-state index is 14.6. The number of halogens is 2. The Hall–Kier alpha value is -5.06. The third kappa shape index (κ3) is 7.37. The van der Waals surface area contributed by atoms with Crippen LogP contribution in [0.4, 0.5) is 8.78 Å². The van der Waals surface area contributed by atoms with Gasteiger partial charge in [-0.15, -0.1) is 0 Å². The van der Waals surface area contributed by atoms with Gasteiger partial charge >= 0.3 is 0 Å². The normalized spacial score (nSPS) is 26.8. The number of ether oxygens (including phenoxy) is 1. The van der Waals surface area contributed by atoms with E-state index in [1.165, 1.54) is 35.4 Å². The van der Waals surface area contributed by atoms with Gasteiger partial charge in [0.05, 0.1) is 34.1 Å². The number of benzene rings is 1. The second-order valence-electron chi connectivity index (χ2n) is 14.8. The van der Waals surface area contributed by atoms with Gasteiger partial charge in [-0.3, -0.25) is 28.9 Å². The number of nitrogens with one attached hydrogen (secondary N) is 3. The number of aryl methyl sites for hydroxylation is 1. The van der Waals surface area contributed by atoms with E-state index in [4.69, 9.17) is 4.74 Å². The van der Waals surface area contributed by atoms with Gasteiger partial charge in [0.25, 0.3) is 11.8 Å². The molecule has 3 aromatic rings. The average Bonchev–Trinajstić information content (AvgIpc) is 4.01. The Balaban J connectivity index is 1.20. The summed E-state index contributed by atoms with van der Waals surface area (Å²) in [7, 11) is -4.03. The molecule has 1 saturated heterocycles. The molecule has 14 nitrogen and oxygen atoms in total. The molecule has 3 N–H and O–H groups in total. The molecule has 286 valence electrons. The van der Waals surface area contributed by atoms with Gasteiger partial charge in [-0.25, -0.2) is 27.2 Å². The molecule has 7 rings (SSSR count). The summed E-state index contributed by atoms with van der Waals surface area (Å²) in [6, 6.07) is 2.75. The van der Waals surface area contributed by atoms with Crippen LogP contribution in [-0.4, -0.2) is 86.9 Å². The minimum atomic E-state index is -4.03. The van der Waals surface area contributed by atoms with Gasteiger partial charge in [0.2, 0.25) is 27.7 Å². The summed E-state index contributed by atoms with van der Waals surface area (Å²) < 4.78 is 62.2. The van der Waals surface area contributed by atoms with Gasteiger partial charge in [0.15, 0.2) is 5.82 Å². The Labute approximate surface area is 310 Å². The second-order valence-corrected chi connectivity index (χ2v) is 17.0. The topological polar surface area (TPSA) is 190 Å². The minimum Gasteiger partial charge on any atom is -0.471 e. The Bertz CT molecular complexity index is 2160. The van der Waals surface area contributed by atoms with Gasteiger partial charge in [0, 0.05) is 24.6 Å². The van der Waals surface area contributed by atoms with Crippen LogP contribution < -0.4 is 20.1 Å². The first-order chi connectivity index (χ1) is 25.7. The van der Waals surface area contributed by atoms with Crippen LogP contribution in [0.1, 0.15) is 80.8 Å². The number of amides is 4. The summed E-state index contributed by atoms with van der Waals surface area (Å²) in [6.45, 7) is 3.06. The molecular formula is C37H41F2N7O7S. The summed E-state index contributed by atoms with van der Waals surface area (Å²) in [4.78, 5) is 69.7. The number of sulfonamides is 1. The largest absolute Gasteiger partial charge is 0.471 e. The Morgan fingerprint density at radius 2 is 1.87 bits per heavy atom. The Morgan fingerprint density at radius 3 is 2.63 bits per heavy atom. The highest BCUT2D eigenvalue weighted by molar-refractivity contribution is 7.91. The van der Waals surface area contributed by atoms with Crippen LogP contribution in [-0.2, 0) is 24.4 Å². The van der Waals surface area contributed by atoms with Crippen LogP contribution in [0.15, 0.2) is 48.8 Å². The zero-order valence-corrected chi connectivity index (χ0v) is 30.6. The summed E-state index contributed by atoms with van der Waals surface area (Å²) >= 11 is 0. The number of hydrogen-bond acceptors (Lipinski definition) is 10. The standard InChI is InChI=1S/C37H41F2N7O7S/c1-21-33(43-29-16-23(38)10-11-27(29)41-21)53-24-17-30-32(48)44-37(35(50)45-54(51,52)36(2)13-14-36)18-22(37)8-6-4-3-5-7-9-28(34(49)46(30)20-24)42-31(47)25-12-15-40-19-26(25)39/h6,8,10-12,15-16,19,22,24,28,30H,3-5,7,9,13-14,17-18,20H2,1-2H3,(H,42,47)(H,44,48)(H,45,50)/t22-,24-,28+,30+,37-/m1/s1. The maximum atomic E-state index is 14.6. The highest BCUT2D eigenvalue weighted by atomic mass is 32.2. The lowest BCUT2D eigenvalue weighted by molar-refractivity contribution is -0.141. The molecule has 2 aliphatic carbocycles. The fraction of sp³-hybridized carbons (Fsp3) is 0.486. The van der Waals surface area contributed by atoms with E-state index in [0.29, 0.717) is 49.7 Å². The lowest BCUT2D eigenvalue weighted by atomic mass is 10.0. The van der Waals surface area contributed by atoms with Crippen LogP contribution in [0.2, 0.25) is 0 Å². The van der Waals surface area contributed by atoms with Gasteiger partial charge in [0.1, 0.15) is 35.2 Å². The number of hydrogen-bond donors (Lipinski definition) is 3. The van der Waals surface area contributed by atoms with Gasteiger partial charge in [-0.05, 0) is 70.6 Å². The molecule has 54 heavy (non-hydrogen) atoms. The third-order valence-electron chi connectivity index (χ3n) is 10.8. The van der Waals surface area contributed by atoms with Crippen molar-refractivity contribution in [2.24, 2.45) is 5.92 Å². The van der Waals surface area contributed by atoms with E-state index in [9.17, 15) is 36.4 Å². The van der Waals surface area contributed by atoms with E-state index in [1.54, 1.807) is 13.8 Å². The number of nitrogens with zero attached hydrogens (tertiary/aromatic N) is 4. The fourth-order valence-corrected chi connectivity index (χ4v) is 8.42. The Kier molecular flexibility index (Phi) is 9.87. The van der Waals surface area contributed by atoms with Crippen molar-refractivity contribution in [1.29, 1.82) is 0 Å². The SMILES string of the molecule is Cc1nc2ccc(F)cc2nc1O[C@@H]1C[C@H]2C(=O)N[C@]3(C(=O)NS(=O)(=O)C4(C)CC4)C[C@H]3C=CCCCCC[C@H](NC(=O)c3ccncc3F)C(=O)N2C1. The first kappa shape index (κ1) is 37.3. The van der Waals surface area contributed by atoms with Crippen LogP contribution >= 0.6 is 0 Å². The van der Waals surface area contributed by atoms with Crippen molar-refractivity contribution >= 4 is 44.7 Å². The molecule has 17 heteroatoms. The highest BCUT2D eigenvalue weighted by Gasteiger charge is 2.63. The van der Waals surface area contributed by atoms with Crippen LogP contribution in [0, 0.1) is 24.5 Å². The predicted octanol–water partition coefficient (Wildman–Crippen LogP) is 3.15. The minimum absolute atomic E-state index is 0.0636. The molecule has 0 spiro atoms. The molecule has 0 unspecified atom stereocenters. The number of fused-ring (bicyclic) bond motifs is 3. The molecule has 0 bridgehead atoms. The smallest absolute Gasteiger partial charge is 0.259 e. The van der Waals surface area contributed by atoms with E-state index in [0.717, 1.165) is 6.20 Å². The van der Waals surface area contributed by atoms with Gasteiger partial charge < -0.3 is 20.3 Å². The van der Waals surface area contributed by atoms with Crippen LogP contribution in [0.3, 0.4) is 0 Å². The number of aromatic nitrogens is 3. The number of pyridine rings is 1. The summed E-state index contributed by atoms with van der Waals surface area (Å²) in [5, 5.41) is 5.47. The number of allylic oxidation sites excluding steroid dienone is 1. The summed E-state index contributed by atoms with van der Waals surface area (Å²) in [6.07, 6.45) is 8.60. The molecule has 4 heterocycles. The molecule has 1 aromatic carbocycles. The van der Waals surface area contributed by atoms with Crippen molar-refractivity contribution < 1.29 is 41.1 Å². The van der Waals surface area contributed by atoms with Crippen molar-refractivity contribution in [2.75, 3.05) is 6.54 Å². The third-order valence-corrected chi connectivity index (χ3v) is 13.0. The van der Waals surface area contributed by atoms with Crippen molar-refractivity contribution in [3.8, 4) is 5.88 Å². The highest BCUT2D eigenvalue weighted by Crippen LogP contribution is 2.47. The molecule has 2 aliphatic heterocycles. The lowest BCUT2D eigenvalue weighted by Gasteiger charge is -2.30. The van der Waals surface area contributed by atoms with Crippen molar-refractivity contribution in [3.63, 3.8) is 0 Å². The number of carbonyl (C=O) groups excluding carboxylic acids is 4. The summed E-state index contributed by atoms with van der Waals surface area (Å²) in [5.41, 5.74) is -0.836. The van der Waals surface area contributed by atoms with Gasteiger partial charge in [-0.2, -0.15) is 0 Å². The number of carbonyl (C=O) groups is 4. The van der Waals surface area contributed by atoms with E-state index in [1.807, 2.05) is 12.2 Å². The van der Waals surface area contributed by atoms with Gasteiger partial charge in [-0.1, -0.05) is 25.0 Å². The van der Waals surface area contributed by atoms with Crippen LogP contribution in [0.25, 0.3) is 11.0 Å². The Morgan fingerprint density at radius 1 is 1.07 bits per heavy atom.